The molecule has 0 aliphatic carbocycles. The number of benzene rings is 1. The van der Waals surface area contributed by atoms with E-state index < -0.39 is 11.7 Å². The number of urea groups is 1. The van der Waals surface area contributed by atoms with Crippen molar-refractivity contribution in [1.82, 2.24) is 10.2 Å². The van der Waals surface area contributed by atoms with Crippen molar-refractivity contribution in [1.29, 1.82) is 0 Å². The quantitative estimate of drug-likeness (QED) is 0.900. The maximum absolute atomic E-state index is 12.6. The summed E-state index contributed by atoms with van der Waals surface area (Å²) < 4.78 is 37.8. The van der Waals surface area contributed by atoms with Gasteiger partial charge in [0.1, 0.15) is 0 Å². The third kappa shape index (κ3) is 4.49. The van der Waals surface area contributed by atoms with E-state index in [4.69, 9.17) is 0 Å². The number of halogens is 3. The number of nitrogens with one attached hydrogen (secondary N) is 1. The van der Waals surface area contributed by atoms with Gasteiger partial charge in [-0.3, -0.25) is 0 Å². The summed E-state index contributed by atoms with van der Waals surface area (Å²) in [5.74, 6) is 0. The number of hydrogen-bond acceptors (Lipinski definition) is 2. The van der Waals surface area contributed by atoms with E-state index in [-0.39, 0.29) is 12.6 Å². The number of amides is 2. The molecule has 118 valence electrons. The first-order valence-electron chi connectivity index (χ1n) is 6.54. The maximum atomic E-state index is 12.6. The van der Waals surface area contributed by atoms with E-state index in [9.17, 15) is 18.0 Å². The molecular weight excluding hydrogens is 313 g/mol. The Balaban J connectivity index is 1.91. The first-order chi connectivity index (χ1) is 10.4. The first-order valence-corrected chi connectivity index (χ1v) is 7.41. The van der Waals surface area contributed by atoms with Crippen LogP contribution in [0.15, 0.2) is 41.8 Å². The molecule has 0 radical (unpaired) electrons. The van der Waals surface area contributed by atoms with Crippen molar-refractivity contribution >= 4 is 17.4 Å². The zero-order valence-electron chi connectivity index (χ0n) is 11.9. The van der Waals surface area contributed by atoms with Crippen LogP contribution in [0, 0.1) is 0 Å². The van der Waals surface area contributed by atoms with Crippen molar-refractivity contribution in [3.05, 3.63) is 57.8 Å². The Bertz CT molecular complexity index is 626. The van der Waals surface area contributed by atoms with E-state index in [1.807, 2.05) is 17.5 Å². The second kappa shape index (κ2) is 6.83. The predicted octanol–water partition coefficient (Wildman–Crippen LogP) is 4.11. The molecule has 2 amide bonds. The van der Waals surface area contributed by atoms with E-state index in [0.717, 1.165) is 17.0 Å². The smallest absolute Gasteiger partial charge is 0.334 e. The second-order valence-electron chi connectivity index (χ2n) is 4.79. The summed E-state index contributed by atoms with van der Waals surface area (Å²) in [4.78, 5) is 14.4. The molecule has 1 heterocycles. The average Bonchev–Trinajstić information content (AvgIpc) is 2.97. The minimum Gasteiger partial charge on any atom is -0.334 e. The highest BCUT2D eigenvalue weighted by atomic mass is 32.1. The Morgan fingerprint density at radius 2 is 2.05 bits per heavy atom. The van der Waals surface area contributed by atoms with E-state index in [0.29, 0.717) is 12.1 Å². The van der Waals surface area contributed by atoms with Gasteiger partial charge in [0.2, 0.25) is 0 Å². The number of carbonyl (C=O) groups excluding carboxylic acids is 1. The highest BCUT2D eigenvalue weighted by Crippen LogP contribution is 2.29. The Morgan fingerprint density at radius 3 is 2.68 bits per heavy atom. The lowest BCUT2D eigenvalue weighted by Crippen LogP contribution is -2.36. The zero-order chi connectivity index (χ0) is 16.2. The fourth-order valence-corrected chi connectivity index (χ4v) is 2.64. The van der Waals surface area contributed by atoms with Gasteiger partial charge >= 0.3 is 12.2 Å². The van der Waals surface area contributed by atoms with Crippen molar-refractivity contribution in [2.75, 3.05) is 7.05 Å². The Labute approximate surface area is 130 Å². The van der Waals surface area contributed by atoms with Gasteiger partial charge in [-0.2, -0.15) is 13.2 Å². The third-order valence-electron chi connectivity index (χ3n) is 3.02. The van der Waals surface area contributed by atoms with E-state index in [2.05, 4.69) is 5.32 Å². The molecular formula is C15H15F3N2OS. The van der Waals surface area contributed by atoms with Gasteiger partial charge in [0, 0.05) is 18.5 Å². The molecule has 0 saturated carbocycles. The summed E-state index contributed by atoms with van der Waals surface area (Å²) >= 11 is 1.54. The lowest BCUT2D eigenvalue weighted by atomic mass is 10.1. The van der Waals surface area contributed by atoms with Crippen LogP contribution in [0.1, 0.15) is 16.0 Å². The van der Waals surface area contributed by atoms with Crippen molar-refractivity contribution in [2.24, 2.45) is 0 Å². The number of alkyl halides is 3. The van der Waals surface area contributed by atoms with Gasteiger partial charge in [0.25, 0.3) is 0 Å². The van der Waals surface area contributed by atoms with Crippen LogP contribution < -0.4 is 5.32 Å². The summed E-state index contributed by atoms with van der Waals surface area (Å²) in [6.07, 6.45) is -4.38. The molecule has 0 aliphatic rings. The number of carbonyl (C=O) groups is 1. The third-order valence-corrected chi connectivity index (χ3v) is 3.88. The fraction of sp³-hybridized carbons (Fsp3) is 0.267. The highest BCUT2D eigenvalue weighted by Gasteiger charge is 2.30. The second-order valence-corrected chi connectivity index (χ2v) is 5.82. The first kappa shape index (κ1) is 16.4. The van der Waals surface area contributed by atoms with Gasteiger partial charge in [-0.15, -0.1) is 11.3 Å². The van der Waals surface area contributed by atoms with Crippen molar-refractivity contribution in [3.8, 4) is 0 Å². The topological polar surface area (TPSA) is 32.3 Å². The maximum Gasteiger partial charge on any atom is 0.416 e. The zero-order valence-corrected chi connectivity index (χ0v) is 12.7. The Hall–Kier alpha value is -2.02. The largest absolute Gasteiger partial charge is 0.416 e. The number of rotatable bonds is 4. The van der Waals surface area contributed by atoms with Gasteiger partial charge in [-0.25, -0.2) is 4.79 Å². The lowest BCUT2D eigenvalue weighted by molar-refractivity contribution is -0.137. The summed E-state index contributed by atoms with van der Waals surface area (Å²) in [6.45, 7) is 0.517. The molecule has 2 rings (SSSR count). The molecule has 2 aromatic rings. The number of hydrogen-bond donors (Lipinski definition) is 1. The number of nitrogens with zero attached hydrogens (tertiary/aromatic N) is 1. The molecule has 0 spiro atoms. The minimum absolute atomic E-state index is 0.0531. The van der Waals surface area contributed by atoms with Crippen LogP contribution >= 0.6 is 11.3 Å². The van der Waals surface area contributed by atoms with Crippen LogP contribution in [0.3, 0.4) is 0 Å². The highest BCUT2D eigenvalue weighted by molar-refractivity contribution is 7.09. The minimum atomic E-state index is -4.38. The number of thiophene rings is 1. The van der Waals surface area contributed by atoms with Crippen LogP contribution in [0.2, 0.25) is 0 Å². The summed E-state index contributed by atoms with van der Waals surface area (Å²) in [7, 11) is 1.64. The molecule has 1 aromatic carbocycles. The van der Waals surface area contributed by atoms with Gasteiger partial charge in [0.15, 0.2) is 0 Å². The van der Waals surface area contributed by atoms with Gasteiger partial charge in [0.05, 0.1) is 12.1 Å². The molecule has 22 heavy (non-hydrogen) atoms. The monoisotopic (exact) mass is 328 g/mol. The van der Waals surface area contributed by atoms with E-state index in [1.54, 1.807) is 24.5 Å². The predicted molar refractivity (Wildman–Crippen MR) is 79.5 cm³/mol. The van der Waals surface area contributed by atoms with Crippen molar-refractivity contribution in [2.45, 2.75) is 19.3 Å². The van der Waals surface area contributed by atoms with E-state index >= 15 is 0 Å². The molecule has 1 aromatic heterocycles. The lowest BCUT2D eigenvalue weighted by Gasteiger charge is -2.17. The summed E-state index contributed by atoms with van der Waals surface area (Å²) in [5.41, 5.74) is -0.307. The fourth-order valence-electron chi connectivity index (χ4n) is 1.88. The molecule has 0 fully saturated rings. The molecule has 0 atom stereocenters. The Morgan fingerprint density at radius 1 is 1.27 bits per heavy atom. The van der Waals surface area contributed by atoms with Crippen molar-refractivity contribution in [3.63, 3.8) is 0 Å². The van der Waals surface area contributed by atoms with Crippen LogP contribution in [-0.4, -0.2) is 18.0 Å². The van der Waals surface area contributed by atoms with E-state index in [1.165, 1.54) is 11.0 Å². The standard InChI is InChI=1S/C15H15F3N2OS/c1-20(10-13-6-3-7-22-13)14(21)19-9-11-4-2-5-12(8-11)15(16,17)18/h2-8H,9-10H2,1H3,(H,19,21). The average molecular weight is 328 g/mol. The van der Waals surface area contributed by atoms with Gasteiger partial charge in [-0.1, -0.05) is 18.2 Å². The van der Waals surface area contributed by atoms with Crippen LogP contribution in [0.4, 0.5) is 18.0 Å². The van der Waals surface area contributed by atoms with Gasteiger partial charge < -0.3 is 10.2 Å². The molecule has 0 bridgehead atoms. The normalized spacial score (nSPS) is 11.3. The van der Waals surface area contributed by atoms with Crippen LogP contribution in [0.25, 0.3) is 0 Å². The molecule has 0 unspecified atom stereocenters. The molecule has 1 N–H and O–H groups in total. The summed E-state index contributed by atoms with van der Waals surface area (Å²) in [5, 5.41) is 4.53. The Kier molecular flexibility index (Phi) is 5.07. The van der Waals surface area contributed by atoms with Crippen LogP contribution in [-0.2, 0) is 19.3 Å². The van der Waals surface area contributed by atoms with Crippen LogP contribution in [0.5, 0.6) is 0 Å². The molecule has 0 saturated heterocycles. The summed E-state index contributed by atoms with van der Waals surface area (Å²) in [6, 6.07) is 8.42. The van der Waals surface area contributed by atoms with Gasteiger partial charge in [-0.05, 0) is 29.1 Å². The molecule has 0 aliphatic heterocycles. The van der Waals surface area contributed by atoms with Crippen molar-refractivity contribution < 1.29 is 18.0 Å². The SMILES string of the molecule is CN(Cc1cccs1)C(=O)NCc1cccc(C(F)(F)F)c1. The molecule has 7 heteroatoms. The molecule has 3 nitrogen and oxygen atoms in total.